The summed E-state index contributed by atoms with van der Waals surface area (Å²) >= 11 is 6.33. The third kappa shape index (κ3) is 3.99. The average Bonchev–Trinajstić information content (AvgIpc) is 2.48. The lowest BCUT2D eigenvalue weighted by atomic mass is 10.0. The first-order valence-electron chi connectivity index (χ1n) is 7.25. The van der Waals surface area contributed by atoms with E-state index >= 15 is 0 Å². The molecular weight excluding hydrogens is 282 g/mol. The van der Waals surface area contributed by atoms with Crippen LogP contribution >= 0.6 is 11.6 Å². The highest BCUT2D eigenvalue weighted by Gasteiger charge is 2.09. The van der Waals surface area contributed by atoms with Crippen molar-refractivity contribution in [2.75, 3.05) is 7.05 Å². The van der Waals surface area contributed by atoms with E-state index in [0.29, 0.717) is 16.7 Å². The lowest BCUT2D eigenvalue weighted by molar-refractivity contribution is 0.481. The van der Waals surface area contributed by atoms with Gasteiger partial charge in [0, 0.05) is 6.04 Å². The average molecular weight is 304 g/mol. The fraction of sp³-hybridized carbons (Fsp3) is 0.333. The molecule has 0 saturated carbocycles. The molecule has 1 unspecified atom stereocenters. The van der Waals surface area contributed by atoms with E-state index in [1.54, 1.807) is 0 Å². The Morgan fingerprint density at radius 2 is 1.76 bits per heavy atom. The van der Waals surface area contributed by atoms with Crippen LogP contribution in [0.2, 0.25) is 5.02 Å². The maximum absolute atomic E-state index is 6.33. The van der Waals surface area contributed by atoms with Gasteiger partial charge >= 0.3 is 0 Å². The zero-order valence-corrected chi connectivity index (χ0v) is 13.7. The van der Waals surface area contributed by atoms with Crippen LogP contribution in [0.25, 0.3) is 0 Å². The molecule has 0 spiro atoms. The zero-order valence-electron chi connectivity index (χ0n) is 13.0. The molecule has 1 atom stereocenters. The lowest BCUT2D eigenvalue weighted by Gasteiger charge is -2.14. The summed E-state index contributed by atoms with van der Waals surface area (Å²) in [7, 11) is 1.93. The fourth-order valence-corrected chi connectivity index (χ4v) is 2.33. The number of rotatable bonds is 5. The van der Waals surface area contributed by atoms with Crippen molar-refractivity contribution in [3.05, 3.63) is 58.6 Å². The summed E-state index contributed by atoms with van der Waals surface area (Å²) < 4.78 is 5.92. The molecule has 0 fully saturated rings. The van der Waals surface area contributed by atoms with Crippen LogP contribution in [0.15, 0.2) is 42.5 Å². The molecule has 2 aromatic rings. The van der Waals surface area contributed by atoms with Crippen molar-refractivity contribution in [3.63, 3.8) is 0 Å². The number of benzene rings is 2. The van der Waals surface area contributed by atoms with Gasteiger partial charge in [-0.3, -0.25) is 0 Å². The maximum atomic E-state index is 6.33. The van der Waals surface area contributed by atoms with Crippen molar-refractivity contribution in [1.29, 1.82) is 0 Å². The highest BCUT2D eigenvalue weighted by molar-refractivity contribution is 6.32. The molecule has 0 aliphatic carbocycles. The van der Waals surface area contributed by atoms with Gasteiger partial charge in [-0.05, 0) is 55.3 Å². The van der Waals surface area contributed by atoms with Crippen molar-refractivity contribution in [2.24, 2.45) is 0 Å². The van der Waals surface area contributed by atoms with Crippen LogP contribution in [0, 0.1) is 0 Å². The third-order valence-electron chi connectivity index (χ3n) is 3.64. The van der Waals surface area contributed by atoms with Gasteiger partial charge in [-0.2, -0.15) is 0 Å². The second-order valence-electron chi connectivity index (χ2n) is 5.53. The van der Waals surface area contributed by atoms with E-state index in [0.717, 1.165) is 11.3 Å². The predicted octanol–water partition coefficient (Wildman–Crippen LogP) is 5.54. The van der Waals surface area contributed by atoms with Crippen LogP contribution in [0.5, 0.6) is 11.5 Å². The van der Waals surface area contributed by atoms with Crippen molar-refractivity contribution >= 4 is 11.6 Å². The standard InChI is InChI=1S/C18H22ClNO/c1-12(2)14-6-5-7-16(10-14)21-18-9-8-15(11-17(18)19)13(3)20-4/h5-13,20H,1-4H3. The zero-order chi connectivity index (χ0) is 15.4. The summed E-state index contributed by atoms with van der Waals surface area (Å²) in [4.78, 5) is 0. The number of nitrogens with one attached hydrogen (secondary N) is 1. The normalized spacial score (nSPS) is 12.5. The highest BCUT2D eigenvalue weighted by Crippen LogP contribution is 2.32. The molecule has 0 bridgehead atoms. The molecule has 0 saturated heterocycles. The minimum absolute atomic E-state index is 0.265. The SMILES string of the molecule is CNC(C)c1ccc(Oc2cccc(C(C)C)c2)c(Cl)c1. The van der Waals surface area contributed by atoms with Crippen LogP contribution in [0.4, 0.5) is 0 Å². The third-order valence-corrected chi connectivity index (χ3v) is 3.94. The lowest BCUT2D eigenvalue weighted by Crippen LogP contribution is -2.12. The Morgan fingerprint density at radius 3 is 2.38 bits per heavy atom. The van der Waals surface area contributed by atoms with Gasteiger partial charge in [0.05, 0.1) is 5.02 Å². The maximum Gasteiger partial charge on any atom is 0.146 e. The molecule has 3 heteroatoms. The monoisotopic (exact) mass is 303 g/mol. The molecule has 0 heterocycles. The van der Waals surface area contributed by atoms with Crippen LogP contribution in [-0.4, -0.2) is 7.05 Å². The molecule has 0 aliphatic heterocycles. The molecule has 0 amide bonds. The molecule has 0 aliphatic rings. The van der Waals surface area contributed by atoms with Crippen LogP contribution < -0.4 is 10.1 Å². The van der Waals surface area contributed by atoms with E-state index in [1.807, 2.05) is 37.4 Å². The molecule has 1 N–H and O–H groups in total. The summed E-state index contributed by atoms with van der Waals surface area (Å²) in [5.41, 5.74) is 2.40. The van der Waals surface area contributed by atoms with Crippen LogP contribution in [0.3, 0.4) is 0 Å². The molecule has 21 heavy (non-hydrogen) atoms. The van der Waals surface area contributed by atoms with E-state index < -0.39 is 0 Å². The number of hydrogen-bond acceptors (Lipinski definition) is 2. The van der Waals surface area contributed by atoms with Gasteiger partial charge < -0.3 is 10.1 Å². The number of hydrogen-bond donors (Lipinski definition) is 1. The Labute approximate surface area is 132 Å². The van der Waals surface area contributed by atoms with Crippen molar-refractivity contribution in [1.82, 2.24) is 5.32 Å². The minimum atomic E-state index is 0.265. The topological polar surface area (TPSA) is 21.3 Å². The van der Waals surface area contributed by atoms with Gasteiger partial charge in [0.1, 0.15) is 11.5 Å². The predicted molar refractivity (Wildman–Crippen MR) is 89.5 cm³/mol. The Balaban J connectivity index is 2.22. The van der Waals surface area contributed by atoms with Crippen molar-refractivity contribution < 1.29 is 4.74 Å². The molecule has 0 radical (unpaired) electrons. The summed E-state index contributed by atoms with van der Waals surface area (Å²) in [5.74, 6) is 1.98. The molecule has 0 aromatic heterocycles. The number of halogens is 1. The van der Waals surface area contributed by atoms with E-state index in [4.69, 9.17) is 16.3 Å². The summed E-state index contributed by atoms with van der Waals surface area (Å²) in [5, 5.41) is 3.83. The minimum Gasteiger partial charge on any atom is -0.456 e. The van der Waals surface area contributed by atoms with E-state index in [1.165, 1.54) is 5.56 Å². The van der Waals surface area contributed by atoms with Crippen molar-refractivity contribution in [3.8, 4) is 11.5 Å². The Bertz CT molecular complexity index is 610. The van der Waals surface area contributed by atoms with Gasteiger partial charge in [0.2, 0.25) is 0 Å². The smallest absolute Gasteiger partial charge is 0.146 e. The Hall–Kier alpha value is -1.51. The van der Waals surface area contributed by atoms with Gasteiger partial charge in [-0.25, -0.2) is 0 Å². The van der Waals surface area contributed by atoms with Gasteiger partial charge in [-0.15, -0.1) is 0 Å². The first kappa shape index (κ1) is 15.9. The van der Waals surface area contributed by atoms with Gasteiger partial charge in [0.25, 0.3) is 0 Å². The Kier molecular flexibility index (Phi) is 5.27. The van der Waals surface area contributed by atoms with Crippen molar-refractivity contribution in [2.45, 2.75) is 32.7 Å². The largest absolute Gasteiger partial charge is 0.456 e. The van der Waals surface area contributed by atoms with Crippen LogP contribution in [0.1, 0.15) is 43.9 Å². The summed E-state index contributed by atoms with van der Waals surface area (Å²) in [6, 6.07) is 14.3. The molecular formula is C18H22ClNO. The molecule has 2 rings (SSSR count). The molecule has 112 valence electrons. The van der Waals surface area contributed by atoms with Gasteiger partial charge in [0.15, 0.2) is 0 Å². The van der Waals surface area contributed by atoms with E-state index in [2.05, 4.69) is 38.2 Å². The summed E-state index contributed by atoms with van der Waals surface area (Å²) in [6.07, 6.45) is 0. The van der Waals surface area contributed by atoms with E-state index in [9.17, 15) is 0 Å². The fourth-order valence-electron chi connectivity index (χ4n) is 2.10. The van der Waals surface area contributed by atoms with Crippen LogP contribution in [-0.2, 0) is 0 Å². The Morgan fingerprint density at radius 1 is 1.00 bits per heavy atom. The molecule has 2 nitrogen and oxygen atoms in total. The highest BCUT2D eigenvalue weighted by atomic mass is 35.5. The summed E-state index contributed by atoms with van der Waals surface area (Å²) in [6.45, 7) is 6.43. The second-order valence-corrected chi connectivity index (χ2v) is 5.94. The van der Waals surface area contributed by atoms with E-state index in [-0.39, 0.29) is 6.04 Å². The quantitative estimate of drug-likeness (QED) is 0.783. The number of ether oxygens (including phenoxy) is 1. The first-order valence-corrected chi connectivity index (χ1v) is 7.63. The second kappa shape index (κ2) is 6.97. The molecule has 2 aromatic carbocycles. The first-order chi connectivity index (χ1) is 10.0. The van der Waals surface area contributed by atoms with Gasteiger partial charge in [-0.1, -0.05) is 43.6 Å².